The number of hydrogen-bond donors (Lipinski definition) is 1. The first kappa shape index (κ1) is 14.1. The van der Waals surface area contributed by atoms with Gasteiger partial charge in [0.1, 0.15) is 0 Å². The predicted octanol–water partition coefficient (Wildman–Crippen LogP) is 1.27. The van der Waals surface area contributed by atoms with Gasteiger partial charge in [-0.1, -0.05) is 0 Å². The van der Waals surface area contributed by atoms with Crippen molar-refractivity contribution in [1.82, 2.24) is 9.78 Å². The summed E-state index contributed by atoms with van der Waals surface area (Å²) in [7, 11) is -0.382. The number of aromatic nitrogens is 2. The molecule has 2 fully saturated rings. The zero-order valence-electron chi connectivity index (χ0n) is 12.7. The Balaban J connectivity index is 1.78. The second kappa shape index (κ2) is 4.58. The van der Waals surface area contributed by atoms with Crippen molar-refractivity contribution in [3.63, 3.8) is 0 Å². The lowest BCUT2D eigenvalue weighted by atomic mass is 9.82. The van der Waals surface area contributed by atoms with E-state index in [1.54, 1.807) is 6.20 Å². The van der Waals surface area contributed by atoms with E-state index in [9.17, 15) is 5.11 Å². The quantitative estimate of drug-likeness (QED) is 0.828. The minimum atomic E-state index is -0.382. The van der Waals surface area contributed by atoms with E-state index >= 15 is 0 Å². The molecule has 1 aromatic heterocycles. The van der Waals surface area contributed by atoms with Gasteiger partial charge >= 0.3 is 7.12 Å². The van der Waals surface area contributed by atoms with Crippen molar-refractivity contribution < 1.29 is 14.4 Å². The van der Waals surface area contributed by atoms with Crippen molar-refractivity contribution in [1.29, 1.82) is 0 Å². The van der Waals surface area contributed by atoms with Crippen LogP contribution in [0.3, 0.4) is 0 Å². The highest BCUT2D eigenvalue weighted by molar-refractivity contribution is 6.61. The summed E-state index contributed by atoms with van der Waals surface area (Å²) in [6.45, 7) is 8.16. The molecule has 20 heavy (non-hydrogen) atoms. The van der Waals surface area contributed by atoms with E-state index in [4.69, 9.17) is 9.31 Å². The fourth-order valence-corrected chi connectivity index (χ4v) is 2.86. The first-order chi connectivity index (χ1) is 9.30. The second-order valence-electron chi connectivity index (χ2n) is 6.91. The molecule has 1 aromatic rings. The number of hydrogen-bond acceptors (Lipinski definition) is 4. The number of aliphatic hydroxyl groups excluding tert-OH is 1. The third-order valence-corrected chi connectivity index (χ3v) is 4.93. The molecule has 0 bridgehead atoms. The summed E-state index contributed by atoms with van der Waals surface area (Å²) in [6, 6.07) is 0.0890. The number of rotatable bonds is 2. The standard InChI is InChI=1S/C14H23BN2O3/c1-13(2)14(3,4)20-15(19-13)10-8-16-17(9-10)11-6-5-7-12(11)18/h8-9,11-12,18H,5-7H2,1-4H3/t11-,12-/m1/s1. The zero-order chi connectivity index (χ0) is 14.5. The SMILES string of the molecule is CC1(C)OB(c2cnn([C@@H]3CCC[C@H]3O)c2)OC1(C)C. The predicted molar refractivity (Wildman–Crippen MR) is 76.8 cm³/mol. The third-order valence-electron chi connectivity index (χ3n) is 4.93. The van der Waals surface area contributed by atoms with E-state index in [1.165, 1.54) is 0 Å². The van der Waals surface area contributed by atoms with E-state index in [0.717, 1.165) is 24.7 Å². The lowest BCUT2D eigenvalue weighted by molar-refractivity contribution is 0.00578. The molecule has 1 saturated heterocycles. The Morgan fingerprint density at radius 3 is 2.45 bits per heavy atom. The molecule has 0 spiro atoms. The molecule has 0 amide bonds. The first-order valence-electron chi connectivity index (χ1n) is 7.38. The van der Waals surface area contributed by atoms with Gasteiger partial charge in [0.05, 0.1) is 23.3 Å². The van der Waals surface area contributed by atoms with E-state index in [-0.39, 0.29) is 30.5 Å². The Morgan fingerprint density at radius 1 is 1.25 bits per heavy atom. The van der Waals surface area contributed by atoms with Crippen molar-refractivity contribution in [2.45, 2.75) is 70.3 Å². The molecule has 110 valence electrons. The molecule has 2 aliphatic rings. The van der Waals surface area contributed by atoms with Crippen molar-refractivity contribution in [3.05, 3.63) is 12.4 Å². The maximum Gasteiger partial charge on any atom is 0.498 e. The molecular weight excluding hydrogens is 255 g/mol. The van der Waals surface area contributed by atoms with E-state index < -0.39 is 0 Å². The summed E-state index contributed by atoms with van der Waals surface area (Å²) in [5.41, 5.74) is 0.238. The van der Waals surface area contributed by atoms with Crippen LogP contribution in [-0.2, 0) is 9.31 Å². The molecule has 0 unspecified atom stereocenters. The average molecular weight is 278 g/mol. The van der Waals surface area contributed by atoms with Crippen LogP contribution in [-0.4, -0.2) is 39.3 Å². The van der Waals surface area contributed by atoms with Crippen LogP contribution < -0.4 is 5.46 Å². The molecule has 0 aromatic carbocycles. The van der Waals surface area contributed by atoms with Crippen LogP contribution >= 0.6 is 0 Å². The second-order valence-corrected chi connectivity index (χ2v) is 6.91. The van der Waals surface area contributed by atoms with Gasteiger partial charge in [0.2, 0.25) is 0 Å². The molecule has 0 radical (unpaired) electrons. The molecule has 5 nitrogen and oxygen atoms in total. The maximum atomic E-state index is 9.96. The van der Waals surface area contributed by atoms with Gasteiger partial charge in [-0.2, -0.15) is 5.10 Å². The van der Waals surface area contributed by atoms with Crippen LogP contribution in [0.4, 0.5) is 0 Å². The summed E-state index contributed by atoms with van der Waals surface area (Å²) in [6.07, 6.45) is 6.33. The third kappa shape index (κ3) is 2.20. The van der Waals surface area contributed by atoms with Crippen molar-refractivity contribution >= 4 is 12.6 Å². The van der Waals surface area contributed by atoms with Gasteiger partial charge in [0.25, 0.3) is 0 Å². The van der Waals surface area contributed by atoms with E-state index in [1.807, 2.05) is 38.6 Å². The summed E-state index contributed by atoms with van der Waals surface area (Å²) >= 11 is 0. The number of aliphatic hydroxyl groups is 1. The van der Waals surface area contributed by atoms with Gasteiger partial charge in [-0.05, 0) is 47.0 Å². The van der Waals surface area contributed by atoms with Gasteiger partial charge in [-0.15, -0.1) is 0 Å². The van der Waals surface area contributed by atoms with Gasteiger partial charge < -0.3 is 14.4 Å². The van der Waals surface area contributed by atoms with Crippen LogP contribution in [0.25, 0.3) is 0 Å². The minimum absolute atomic E-state index is 0.0890. The largest absolute Gasteiger partial charge is 0.498 e. The highest BCUT2D eigenvalue weighted by Gasteiger charge is 2.52. The Labute approximate surface area is 120 Å². The topological polar surface area (TPSA) is 56.5 Å². The normalized spacial score (nSPS) is 31.9. The van der Waals surface area contributed by atoms with Crippen LogP contribution in [0.15, 0.2) is 12.4 Å². The minimum Gasteiger partial charge on any atom is -0.399 e. The Bertz CT molecular complexity index is 484. The molecule has 1 saturated carbocycles. The monoisotopic (exact) mass is 278 g/mol. The molecule has 6 heteroatoms. The zero-order valence-corrected chi connectivity index (χ0v) is 12.7. The molecule has 2 heterocycles. The van der Waals surface area contributed by atoms with Crippen LogP contribution in [0, 0.1) is 0 Å². The van der Waals surface area contributed by atoms with Crippen LogP contribution in [0.1, 0.15) is 53.0 Å². The summed E-state index contributed by atoms with van der Waals surface area (Å²) in [5, 5.41) is 14.3. The Kier molecular flexibility index (Phi) is 3.23. The Morgan fingerprint density at radius 2 is 1.90 bits per heavy atom. The summed E-state index contributed by atoms with van der Waals surface area (Å²) in [5.74, 6) is 0. The molecule has 2 atom stereocenters. The van der Waals surface area contributed by atoms with Gasteiger partial charge in [-0.25, -0.2) is 0 Å². The highest BCUT2D eigenvalue weighted by atomic mass is 16.7. The molecule has 3 rings (SSSR count). The van der Waals surface area contributed by atoms with Crippen LogP contribution in [0.5, 0.6) is 0 Å². The molecular formula is C14H23BN2O3. The fourth-order valence-electron chi connectivity index (χ4n) is 2.86. The van der Waals surface area contributed by atoms with Gasteiger partial charge in [0, 0.05) is 17.9 Å². The lowest BCUT2D eigenvalue weighted by Gasteiger charge is -2.32. The van der Waals surface area contributed by atoms with Crippen molar-refractivity contribution in [3.8, 4) is 0 Å². The molecule has 1 N–H and O–H groups in total. The smallest absolute Gasteiger partial charge is 0.399 e. The van der Waals surface area contributed by atoms with Crippen LogP contribution in [0.2, 0.25) is 0 Å². The maximum absolute atomic E-state index is 9.96. The van der Waals surface area contributed by atoms with Gasteiger partial charge in [-0.3, -0.25) is 4.68 Å². The summed E-state index contributed by atoms with van der Waals surface area (Å²) < 4.78 is 13.9. The summed E-state index contributed by atoms with van der Waals surface area (Å²) in [4.78, 5) is 0. The van der Waals surface area contributed by atoms with E-state index in [0.29, 0.717) is 0 Å². The molecule has 1 aliphatic carbocycles. The first-order valence-corrected chi connectivity index (χ1v) is 7.38. The van der Waals surface area contributed by atoms with Crippen molar-refractivity contribution in [2.75, 3.05) is 0 Å². The highest BCUT2D eigenvalue weighted by Crippen LogP contribution is 2.36. The fraction of sp³-hybridized carbons (Fsp3) is 0.786. The van der Waals surface area contributed by atoms with E-state index in [2.05, 4.69) is 5.10 Å². The lowest BCUT2D eigenvalue weighted by Crippen LogP contribution is -2.41. The number of nitrogens with zero attached hydrogens (tertiary/aromatic N) is 2. The Hall–Kier alpha value is -0.845. The van der Waals surface area contributed by atoms with Gasteiger partial charge in [0.15, 0.2) is 0 Å². The average Bonchev–Trinajstić information content (AvgIpc) is 2.98. The van der Waals surface area contributed by atoms with Crippen molar-refractivity contribution in [2.24, 2.45) is 0 Å². The molecule has 1 aliphatic heterocycles.